The first-order chi connectivity index (χ1) is 16.1. The number of carbonyl (C=O) groups is 1. The van der Waals surface area contributed by atoms with Crippen molar-refractivity contribution in [1.29, 1.82) is 5.41 Å². The van der Waals surface area contributed by atoms with Crippen molar-refractivity contribution >= 4 is 16.7 Å². The number of halogens is 3. The third kappa shape index (κ3) is 4.19. The number of carboxylic acids is 1. The molecule has 0 saturated heterocycles. The minimum Gasteiger partial charge on any atom is -0.543 e. The van der Waals surface area contributed by atoms with Crippen molar-refractivity contribution in [2.45, 2.75) is 12.7 Å². The molecule has 176 valence electrons. The normalized spacial score (nSPS) is 11.6. The second-order valence-corrected chi connectivity index (χ2v) is 7.35. The van der Waals surface area contributed by atoms with Gasteiger partial charge in [0.2, 0.25) is 0 Å². The van der Waals surface area contributed by atoms with Crippen molar-refractivity contribution in [3.8, 4) is 17.2 Å². The molecule has 11 heteroatoms. The van der Waals surface area contributed by atoms with E-state index in [1.54, 1.807) is 41.1 Å². The molecule has 0 amide bonds. The number of fused-ring (bicyclic) bond motifs is 1. The summed E-state index contributed by atoms with van der Waals surface area (Å²) in [5.41, 5.74) is -1.33. The molecule has 4 rings (SSSR count). The second kappa shape index (κ2) is 8.58. The maximum atomic E-state index is 13.5. The lowest BCUT2D eigenvalue weighted by Crippen LogP contribution is -2.23. The fourth-order valence-corrected chi connectivity index (χ4v) is 3.60. The molecule has 0 aliphatic heterocycles. The van der Waals surface area contributed by atoms with Crippen LogP contribution in [0.1, 0.15) is 21.7 Å². The van der Waals surface area contributed by atoms with Crippen molar-refractivity contribution < 1.29 is 32.5 Å². The van der Waals surface area contributed by atoms with Gasteiger partial charge in [-0.3, -0.25) is 5.41 Å². The van der Waals surface area contributed by atoms with Crippen LogP contribution in [0.25, 0.3) is 16.5 Å². The monoisotopic (exact) mass is 471 g/mol. The number of pyridine rings is 1. The zero-order chi connectivity index (χ0) is 24.6. The van der Waals surface area contributed by atoms with Gasteiger partial charge in [-0.15, -0.1) is 0 Å². The van der Waals surface area contributed by atoms with Crippen LogP contribution >= 0.6 is 0 Å². The van der Waals surface area contributed by atoms with Crippen LogP contribution in [0.3, 0.4) is 0 Å². The Morgan fingerprint density at radius 3 is 2.50 bits per heavy atom. The third-order valence-corrected chi connectivity index (χ3v) is 5.30. The lowest BCUT2D eigenvalue weighted by atomic mass is 10.1. The minimum absolute atomic E-state index is 0.0399. The summed E-state index contributed by atoms with van der Waals surface area (Å²) in [5.74, 6) is -0.658. The molecule has 8 nitrogen and oxygen atoms in total. The van der Waals surface area contributed by atoms with Crippen LogP contribution in [0.4, 0.5) is 13.2 Å². The molecule has 1 N–H and O–H groups in total. The number of aromatic nitrogens is 3. The number of methoxy groups -OCH3 is 2. The van der Waals surface area contributed by atoms with Gasteiger partial charge in [0.1, 0.15) is 28.4 Å². The molecule has 0 aliphatic carbocycles. The van der Waals surface area contributed by atoms with Crippen molar-refractivity contribution in [3.63, 3.8) is 0 Å². The van der Waals surface area contributed by atoms with Gasteiger partial charge in [-0.25, -0.2) is 4.68 Å². The number of ether oxygens (including phenoxy) is 2. The van der Waals surface area contributed by atoms with Crippen LogP contribution in [-0.2, 0) is 12.7 Å². The Kier molecular flexibility index (Phi) is 5.78. The summed E-state index contributed by atoms with van der Waals surface area (Å²) in [6.07, 6.45) is -3.15. The van der Waals surface area contributed by atoms with Crippen LogP contribution < -0.4 is 20.1 Å². The summed E-state index contributed by atoms with van der Waals surface area (Å²) in [6, 6.07) is 11.7. The number of nitrogens with one attached hydrogen (secondary N) is 1. The SMILES string of the molecule is COc1ccc(Cn2ccc3ccc(-n4nc(C(=O)[O-])cc4C(F)(F)F)cc3c2=N)c(OC)c1. The molecule has 0 unspecified atom stereocenters. The van der Waals surface area contributed by atoms with Crippen LogP contribution in [0, 0.1) is 5.41 Å². The van der Waals surface area contributed by atoms with E-state index >= 15 is 0 Å². The van der Waals surface area contributed by atoms with Gasteiger partial charge >= 0.3 is 6.18 Å². The highest BCUT2D eigenvalue weighted by atomic mass is 19.4. The Hall–Kier alpha value is -4.28. The lowest BCUT2D eigenvalue weighted by Gasteiger charge is -2.14. The number of rotatable bonds is 6. The fourth-order valence-electron chi connectivity index (χ4n) is 3.60. The molecule has 0 fully saturated rings. The van der Waals surface area contributed by atoms with E-state index in [9.17, 15) is 23.1 Å². The first kappa shape index (κ1) is 22.9. The quantitative estimate of drug-likeness (QED) is 0.466. The zero-order valence-electron chi connectivity index (χ0n) is 18.0. The van der Waals surface area contributed by atoms with Crippen LogP contribution in [0.15, 0.2) is 54.7 Å². The van der Waals surface area contributed by atoms with Crippen molar-refractivity contribution in [1.82, 2.24) is 14.3 Å². The van der Waals surface area contributed by atoms with E-state index < -0.39 is 23.5 Å². The number of carboxylic acid groups (broad SMARTS) is 1. The van der Waals surface area contributed by atoms with Crippen molar-refractivity contribution in [2.24, 2.45) is 0 Å². The molecule has 0 saturated carbocycles. The van der Waals surface area contributed by atoms with Crippen LogP contribution in [0.5, 0.6) is 11.5 Å². The second-order valence-electron chi connectivity index (χ2n) is 7.35. The average molecular weight is 471 g/mol. The summed E-state index contributed by atoms with van der Waals surface area (Å²) in [5, 5.41) is 24.3. The van der Waals surface area contributed by atoms with E-state index in [0.717, 1.165) is 5.56 Å². The Labute approximate surface area is 190 Å². The average Bonchev–Trinajstić information content (AvgIpc) is 3.27. The van der Waals surface area contributed by atoms with Crippen molar-refractivity contribution in [2.75, 3.05) is 14.2 Å². The number of carbonyl (C=O) groups excluding carboxylic acids is 1. The number of hydrogen-bond donors (Lipinski definition) is 1. The molecule has 2 aromatic carbocycles. The Morgan fingerprint density at radius 2 is 1.85 bits per heavy atom. The van der Waals surface area contributed by atoms with Gasteiger partial charge in [0.05, 0.1) is 32.4 Å². The van der Waals surface area contributed by atoms with Gasteiger partial charge in [-0.1, -0.05) is 6.07 Å². The fraction of sp³-hybridized carbons (Fsp3) is 0.174. The lowest BCUT2D eigenvalue weighted by molar-refractivity contribution is -0.255. The Balaban J connectivity index is 1.81. The van der Waals surface area contributed by atoms with Gasteiger partial charge < -0.3 is 23.9 Å². The molecular weight excluding hydrogens is 453 g/mol. The number of alkyl halides is 3. The molecule has 0 spiro atoms. The van der Waals surface area contributed by atoms with Gasteiger partial charge in [0, 0.05) is 23.2 Å². The number of aromatic carboxylic acids is 1. The molecule has 0 bridgehead atoms. The topological polar surface area (TPSA) is 105 Å². The van der Waals surface area contributed by atoms with E-state index in [1.165, 1.54) is 26.4 Å². The predicted octanol–water partition coefficient (Wildman–Crippen LogP) is 2.75. The van der Waals surface area contributed by atoms with E-state index in [2.05, 4.69) is 5.10 Å². The number of hydrogen-bond acceptors (Lipinski definition) is 6. The predicted molar refractivity (Wildman–Crippen MR) is 113 cm³/mol. The minimum atomic E-state index is -4.85. The molecular formula is C23H18F3N4O4-. The highest BCUT2D eigenvalue weighted by molar-refractivity contribution is 5.85. The van der Waals surface area contributed by atoms with E-state index in [-0.39, 0.29) is 17.7 Å². The molecule has 34 heavy (non-hydrogen) atoms. The molecule has 0 atom stereocenters. The van der Waals surface area contributed by atoms with Crippen LogP contribution in [0.2, 0.25) is 0 Å². The van der Waals surface area contributed by atoms with E-state index in [4.69, 9.17) is 14.9 Å². The maximum Gasteiger partial charge on any atom is 0.433 e. The molecule has 0 radical (unpaired) electrons. The molecule has 4 aromatic rings. The van der Waals surface area contributed by atoms with Crippen LogP contribution in [-0.4, -0.2) is 34.5 Å². The largest absolute Gasteiger partial charge is 0.543 e. The smallest absolute Gasteiger partial charge is 0.433 e. The first-order valence-electron chi connectivity index (χ1n) is 9.90. The molecule has 2 aromatic heterocycles. The maximum absolute atomic E-state index is 13.5. The van der Waals surface area contributed by atoms with Gasteiger partial charge in [0.15, 0.2) is 0 Å². The standard InChI is InChI=1S/C23H19F3N4O4/c1-33-16-6-4-14(19(10-16)34-2)12-29-8-7-13-3-5-15(9-17(13)21(29)27)30-20(23(24,25)26)11-18(28-30)22(31)32/h3-11,27H,12H2,1-2H3,(H,31,32)/p-1. The van der Waals surface area contributed by atoms with Crippen molar-refractivity contribution in [3.05, 3.63) is 77.2 Å². The first-order valence-corrected chi connectivity index (χ1v) is 9.90. The molecule has 2 heterocycles. The highest BCUT2D eigenvalue weighted by Crippen LogP contribution is 2.32. The Morgan fingerprint density at radius 1 is 1.09 bits per heavy atom. The van der Waals surface area contributed by atoms with Gasteiger partial charge in [0.25, 0.3) is 0 Å². The Bertz CT molecular complexity index is 1460. The van der Waals surface area contributed by atoms with E-state index in [1.807, 2.05) is 0 Å². The van der Waals surface area contributed by atoms with Gasteiger partial charge in [-0.05, 0) is 41.8 Å². The van der Waals surface area contributed by atoms with Gasteiger partial charge in [-0.2, -0.15) is 18.3 Å². The number of nitrogens with zero attached hydrogens (tertiary/aromatic N) is 3. The zero-order valence-corrected chi connectivity index (χ0v) is 18.0. The van der Waals surface area contributed by atoms with E-state index in [0.29, 0.717) is 33.0 Å². The highest BCUT2D eigenvalue weighted by Gasteiger charge is 2.36. The number of benzene rings is 2. The molecule has 0 aliphatic rings. The summed E-state index contributed by atoms with van der Waals surface area (Å²) in [6.45, 7) is 0.260. The summed E-state index contributed by atoms with van der Waals surface area (Å²) in [4.78, 5) is 11.1. The third-order valence-electron chi connectivity index (χ3n) is 5.30. The summed E-state index contributed by atoms with van der Waals surface area (Å²) in [7, 11) is 3.05. The summed E-state index contributed by atoms with van der Waals surface area (Å²) >= 11 is 0. The summed E-state index contributed by atoms with van der Waals surface area (Å²) < 4.78 is 53.2.